The summed E-state index contributed by atoms with van der Waals surface area (Å²) in [6.07, 6.45) is 9.72. The number of aryl methyl sites for hydroxylation is 1. The molecule has 0 saturated carbocycles. The quantitative estimate of drug-likeness (QED) is 0.253. The average Bonchev–Trinajstić information content (AvgIpc) is 3.72. The maximum absolute atomic E-state index is 13.8. The van der Waals surface area contributed by atoms with Gasteiger partial charge in [0.1, 0.15) is 5.82 Å². The minimum absolute atomic E-state index is 0. The SMILES string of the molecule is CC(C)c1cc(-c2nc(-c3[c-]cc(F)cc3F)cn2C)[n-]n1.CN1C=CN(c2[c-]c(N3C=CN(C)[CH-]3)ccc2)[CH-]1.[Ir]. The number of halogens is 2. The van der Waals surface area contributed by atoms with Crippen molar-refractivity contribution in [3.8, 4) is 22.8 Å². The van der Waals surface area contributed by atoms with E-state index in [1.54, 1.807) is 17.8 Å². The Morgan fingerprint density at radius 2 is 1.56 bits per heavy atom. The average molecular weight is 732 g/mol. The van der Waals surface area contributed by atoms with Gasteiger partial charge in [-0.15, -0.1) is 41.7 Å². The van der Waals surface area contributed by atoms with E-state index < -0.39 is 11.6 Å². The first-order chi connectivity index (χ1) is 19.2. The molecule has 2 aliphatic heterocycles. The fourth-order valence-corrected chi connectivity index (χ4v) is 4.10. The molecule has 41 heavy (non-hydrogen) atoms. The van der Waals surface area contributed by atoms with Crippen molar-refractivity contribution in [3.05, 3.63) is 110 Å². The Labute approximate surface area is 252 Å². The van der Waals surface area contributed by atoms with Crippen LogP contribution in [-0.4, -0.2) is 38.5 Å². The van der Waals surface area contributed by atoms with Crippen molar-refractivity contribution in [3.63, 3.8) is 0 Å². The fourth-order valence-electron chi connectivity index (χ4n) is 4.10. The molecule has 11 heteroatoms. The number of benzene rings is 2. The third-order valence-electron chi connectivity index (χ3n) is 6.23. The molecule has 0 N–H and O–H groups in total. The molecular weight excluding hydrogens is 703 g/mol. The van der Waals surface area contributed by atoms with Gasteiger partial charge in [0.15, 0.2) is 0 Å². The van der Waals surface area contributed by atoms with Crippen LogP contribution >= 0.6 is 0 Å². The van der Waals surface area contributed by atoms with Crippen LogP contribution in [0.5, 0.6) is 0 Å². The Morgan fingerprint density at radius 3 is 2.07 bits per heavy atom. The van der Waals surface area contributed by atoms with Gasteiger partial charge in [0, 0.05) is 50.2 Å². The molecular formula is C30H29F2IrN8-5. The zero-order valence-electron chi connectivity index (χ0n) is 23.2. The van der Waals surface area contributed by atoms with Gasteiger partial charge in [-0.1, -0.05) is 37.2 Å². The topological polar surface area (TPSA) is 57.8 Å². The molecule has 0 bridgehead atoms. The molecule has 0 aliphatic carbocycles. The Morgan fingerprint density at radius 1 is 0.927 bits per heavy atom. The third-order valence-corrected chi connectivity index (χ3v) is 6.23. The minimum atomic E-state index is -0.693. The van der Waals surface area contributed by atoms with Crippen molar-refractivity contribution in [2.45, 2.75) is 19.8 Å². The van der Waals surface area contributed by atoms with Gasteiger partial charge in [-0.3, -0.25) is 13.8 Å². The maximum atomic E-state index is 13.8. The van der Waals surface area contributed by atoms with Gasteiger partial charge in [-0.25, -0.2) is 0 Å². The van der Waals surface area contributed by atoms with Crippen molar-refractivity contribution >= 4 is 11.4 Å². The van der Waals surface area contributed by atoms with Crippen molar-refractivity contribution in [2.24, 2.45) is 7.05 Å². The number of imidazole rings is 1. The molecule has 2 aromatic carbocycles. The number of nitrogens with zero attached hydrogens (tertiary/aromatic N) is 8. The second-order valence-corrected chi connectivity index (χ2v) is 9.80. The zero-order chi connectivity index (χ0) is 28.4. The summed E-state index contributed by atoms with van der Waals surface area (Å²) in [6.45, 7) is 8.09. The summed E-state index contributed by atoms with van der Waals surface area (Å²) in [5.41, 5.74) is 4.07. The van der Waals surface area contributed by atoms with Gasteiger partial charge in [-0.2, -0.15) is 19.4 Å². The Bertz CT molecular complexity index is 1500. The van der Waals surface area contributed by atoms with E-state index in [1.807, 2.05) is 110 Å². The van der Waals surface area contributed by atoms with Crippen LogP contribution < -0.4 is 14.9 Å². The number of hydrogen-bond donors (Lipinski definition) is 0. The molecule has 0 saturated heterocycles. The summed E-state index contributed by atoms with van der Waals surface area (Å²) < 4.78 is 28.6. The molecule has 0 spiro atoms. The number of rotatable bonds is 5. The number of aromatic nitrogens is 4. The van der Waals surface area contributed by atoms with E-state index in [4.69, 9.17) is 0 Å². The molecule has 1 radical (unpaired) electrons. The van der Waals surface area contributed by atoms with Crippen LogP contribution in [0.25, 0.3) is 22.8 Å². The minimum Gasteiger partial charge on any atom is -0.572 e. The normalized spacial score (nSPS) is 14.1. The van der Waals surface area contributed by atoms with Crippen LogP contribution in [0.3, 0.4) is 0 Å². The summed E-state index contributed by atoms with van der Waals surface area (Å²) in [5, 5.41) is 8.22. The first kappa shape index (κ1) is 30.0. The van der Waals surface area contributed by atoms with Crippen LogP contribution in [-0.2, 0) is 27.2 Å². The molecule has 2 aromatic heterocycles. The second-order valence-electron chi connectivity index (χ2n) is 9.80. The van der Waals surface area contributed by atoms with Crippen molar-refractivity contribution < 1.29 is 28.9 Å². The van der Waals surface area contributed by atoms with E-state index in [0.717, 1.165) is 29.2 Å². The summed E-state index contributed by atoms with van der Waals surface area (Å²) in [4.78, 5) is 12.5. The first-order valence-electron chi connectivity index (χ1n) is 12.7. The van der Waals surface area contributed by atoms with Gasteiger partial charge in [0.05, 0.1) is 0 Å². The van der Waals surface area contributed by atoms with E-state index in [2.05, 4.69) is 27.3 Å². The van der Waals surface area contributed by atoms with Crippen LogP contribution in [0.2, 0.25) is 0 Å². The molecule has 8 nitrogen and oxygen atoms in total. The maximum Gasteiger partial charge on any atom is 0.108 e. The summed E-state index contributed by atoms with van der Waals surface area (Å²) in [7, 11) is 5.80. The smallest absolute Gasteiger partial charge is 0.108 e. The van der Waals surface area contributed by atoms with E-state index in [0.29, 0.717) is 17.2 Å². The molecule has 0 amide bonds. The second kappa shape index (κ2) is 12.7. The molecule has 0 atom stereocenters. The van der Waals surface area contributed by atoms with Gasteiger partial charge in [-0.05, 0) is 51.0 Å². The number of anilines is 2. The van der Waals surface area contributed by atoms with E-state index in [1.165, 1.54) is 0 Å². The molecule has 4 aromatic rings. The fraction of sp³-hybridized carbons (Fsp3) is 0.200. The Kier molecular flexibility index (Phi) is 9.30. The Hall–Kier alpha value is -3.95. The number of hydrogen-bond acceptors (Lipinski definition) is 6. The molecule has 2 aliphatic rings. The largest absolute Gasteiger partial charge is 0.572 e. The van der Waals surface area contributed by atoms with Gasteiger partial charge >= 0.3 is 0 Å². The van der Waals surface area contributed by atoms with Crippen molar-refractivity contribution in [2.75, 3.05) is 23.9 Å². The van der Waals surface area contributed by atoms with E-state index >= 15 is 0 Å². The third kappa shape index (κ3) is 6.86. The Balaban J connectivity index is 0.000000188. The van der Waals surface area contributed by atoms with Gasteiger partial charge in [0.25, 0.3) is 0 Å². The standard InChI is InChI=1S/C16H14F2N4.C14H15N4.Ir/c1-9(2)13-7-14(21-20-13)16-19-15(8-22(16)3)11-5-4-10(17)6-12(11)18;1-15-6-8-17(11-15)13-4-3-5-14(10-13)18-9-7-16(2)12-18;/h4,6-9H,1-3H3;3-9,11-12H,1-2H3;/q-2;-3;. The summed E-state index contributed by atoms with van der Waals surface area (Å²) in [6, 6.07) is 15.9. The molecule has 4 heterocycles. The summed E-state index contributed by atoms with van der Waals surface area (Å²) in [5.74, 6) is -0.516. The first-order valence-corrected chi connectivity index (χ1v) is 12.7. The van der Waals surface area contributed by atoms with Crippen LogP contribution in [0.15, 0.2) is 67.4 Å². The zero-order valence-corrected chi connectivity index (χ0v) is 25.6. The monoisotopic (exact) mass is 732 g/mol. The van der Waals surface area contributed by atoms with Gasteiger partial charge < -0.3 is 34.4 Å². The van der Waals surface area contributed by atoms with E-state index in [-0.39, 0.29) is 31.6 Å². The van der Waals surface area contributed by atoms with Crippen LogP contribution in [0, 0.1) is 37.1 Å². The predicted octanol–water partition coefficient (Wildman–Crippen LogP) is 5.48. The van der Waals surface area contributed by atoms with Crippen molar-refractivity contribution in [1.29, 1.82) is 0 Å². The van der Waals surface area contributed by atoms with E-state index in [9.17, 15) is 8.78 Å². The molecule has 0 fully saturated rings. The van der Waals surface area contributed by atoms with Crippen molar-refractivity contribution in [1.82, 2.24) is 29.5 Å². The molecule has 0 unspecified atom stereocenters. The molecule has 217 valence electrons. The molecule has 6 rings (SSSR count). The van der Waals surface area contributed by atoms with Crippen LogP contribution in [0.4, 0.5) is 20.2 Å². The van der Waals surface area contributed by atoms with Crippen LogP contribution in [0.1, 0.15) is 25.5 Å². The predicted molar refractivity (Wildman–Crippen MR) is 151 cm³/mol. The summed E-state index contributed by atoms with van der Waals surface area (Å²) >= 11 is 0. The van der Waals surface area contributed by atoms with Gasteiger partial charge in [0.2, 0.25) is 0 Å².